The smallest absolute Gasteiger partial charge is 0.405 e. The van der Waals surface area contributed by atoms with Gasteiger partial charge in [0, 0.05) is 65.2 Å². The molecule has 0 atom stereocenters. The first-order chi connectivity index (χ1) is 55.4. The zero-order chi connectivity index (χ0) is 82.0. The molecule has 17 rings (SSSR count). The monoisotopic (exact) mass is 1680 g/mol. The van der Waals surface area contributed by atoms with Crippen LogP contribution < -0.4 is 5.46 Å². The third kappa shape index (κ3) is 20.4. The summed E-state index contributed by atoms with van der Waals surface area (Å²) >= 11 is 26.0. The molecule has 0 aliphatic carbocycles. The van der Waals surface area contributed by atoms with Crippen molar-refractivity contribution >= 4 is 88.9 Å². The van der Waals surface area contributed by atoms with Gasteiger partial charge in [0.25, 0.3) is 0 Å². The van der Waals surface area contributed by atoms with Crippen molar-refractivity contribution in [1.29, 1.82) is 0 Å². The molecule has 3 saturated heterocycles. The van der Waals surface area contributed by atoms with Gasteiger partial charge >= 0.3 is 21.1 Å². The van der Waals surface area contributed by atoms with Crippen molar-refractivity contribution in [2.45, 2.75) is 117 Å². The van der Waals surface area contributed by atoms with Crippen molar-refractivity contribution in [3.63, 3.8) is 0 Å². The van der Waals surface area contributed by atoms with Crippen LogP contribution in [0, 0.1) is 0 Å². The summed E-state index contributed by atoms with van der Waals surface area (Å²) in [6.07, 6.45) is 14.0. The average molecular weight is 1690 g/mol. The lowest BCUT2D eigenvalue weighted by Gasteiger charge is -2.32. The van der Waals surface area contributed by atoms with E-state index in [0.29, 0.717) is 68.3 Å². The van der Waals surface area contributed by atoms with Crippen molar-refractivity contribution in [3.05, 3.63) is 269 Å². The molecule has 0 radical (unpaired) electrons. The van der Waals surface area contributed by atoms with E-state index in [4.69, 9.17) is 94.3 Å². The van der Waals surface area contributed by atoms with Crippen molar-refractivity contribution in [2.75, 3.05) is 0 Å². The van der Waals surface area contributed by atoms with Gasteiger partial charge in [-0.3, -0.25) is 39.9 Å². The summed E-state index contributed by atoms with van der Waals surface area (Å²) in [5, 5.41) is 0.0474. The van der Waals surface area contributed by atoms with E-state index in [2.05, 4.69) is 85.7 Å². The molecule has 17 heterocycles. The maximum absolute atomic E-state index is 6.53. The minimum absolute atomic E-state index is 0.000000000000000444. The third-order valence-electron chi connectivity index (χ3n) is 19.7. The number of pyridine rings is 12. The first kappa shape index (κ1) is 83.4. The van der Waals surface area contributed by atoms with Crippen LogP contribution in [-0.2, 0) is 27.9 Å². The second-order valence-corrected chi connectivity index (χ2v) is 31.7. The van der Waals surface area contributed by atoms with Gasteiger partial charge in [-0.05, 0) is 281 Å². The molecule has 0 aromatic carbocycles. The van der Waals surface area contributed by atoms with Gasteiger partial charge in [0.15, 0.2) is 11.6 Å². The normalized spacial score (nSPS) is 15.6. The highest BCUT2D eigenvalue weighted by Crippen LogP contribution is 2.44. The van der Waals surface area contributed by atoms with Crippen LogP contribution in [0.15, 0.2) is 248 Å². The number of hydrogen-bond acceptors (Lipinski definition) is 24. The van der Waals surface area contributed by atoms with Gasteiger partial charge in [0.1, 0.15) is 0 Å². The standard InChI is InChI=1S/C33H20ClN9.C21H22BN3O2.C15H10BrN3.C12H24B2O4.C3Cl3N3/c34-33-42-31(21-17-27(23-9-1-5-13-35-23)39-28(18-21)24-10-2-6-14-36-24)41-32(43-33)22-19-29(25-11-3-7-15-37-25)40-30(20-22)26-12-4-8-16-38-26;1-20(2)21(3,4)27-22(26-20)15-13-18(16-9-5-7-11-23-16)25-19(14-15)17-10-6-8-12-24-17;16-11-9-14(12-5-1-3-7-17-12)19-15(10-11)13-6-2-4-8-18-13;1-9(2)10(3,4)16-13(15-9)14-17-11(5,6)12(7,8)18-14;4-1-7-2(5)9-3(6)8-1/h1-20H;5-14H,1-4H3;1-10H;1-8H3;. The lowest BCUT2D eigenvalue weighted by atomic mass is 9.49. The fraction of sp³-hybridized carbons (Fsp3) is 0.214. The number of hydrogen-bond donors (Lipinski definition) is 0. The van der Waals surface area contributed by atoms with Crippen LogP contribution in [0.1, 0.15) is 83.1 Å². The van der Waals surface area contributed by atoms with E-state index in [1.807, 2.05) is 277 Å². The van der Waals surface area contributed by atoms with Crippen molar-refractivity contribution in [2.24, 2.45) is 0 Å². The van der Waals surface area contributed by atoms with Crippen LogP contribution in [-0.4, -0.2) is 144 Å². The quantitative estimate of drug-likeness (QED) is 0.103. The van der Waals surface area contributed by atoms with Gasteiger partial charge in [-0.25, -0.2) is 24.9 Å². The second kappa shape index (κ2) is 35.9. The molecule has 0 saturated carbocycles. The molecular formula is C84H76B3BrCl4N18O6. The Kier molecular flexibility index (Phi) is 25.8. The van der Waals surface area contributed by atoms with Gasteiger partial charge < -0.3 is 27.9 Å². The summed E-state index contributed by atoms with van der Waals surface area (Å²) in [4.78, 5) is 78.8. The molecule has 116 heavy (non-hydrogen) atoms. The fourth-order valence-electron chi connectivity index (χ4n) is 11.6. The third-order valence-corrected chi connectivity index (χ3v) is 20.8. The zero-order valence-corrected chi connectivity index (χ0v) is 69.8. The molecular weight excluding hydrogens is 1610 g/mol. The summed E-state index contributed by atoms with van der Waals surface area (Å²) in [6.45, 7) is 24.4. The zero-order valence-electron chi connectivity index (χ0n) is 65.2. The molecule has 3 aliphatic heterocycles. The lowest BCUT2D eigenvalue weighted by molar-refractivity contribution is 0.00578. The molecule has 3 aliphatic rings. The molecule has 582 valence electrons. The molecule has 24 nitrogen and oxygen atoms in total. The Labute approximate surface area is 701 Å². The number of aromatic nitrogens is 18. The van der Waals surface area contributed by atoms with Gasteiger partial charge in [-0.15, -0.1) is 0 Å². The minimum atomic E-state index is -0.476. The minimum Gasteiger partial charge on any atom is -0.405 e. The molecule has 32 heteroatoms. The summed E-state index contributed by atoms with van der Waals surface area (Å²) < 4.78 is 37.3. The molecule has 14 aromatic rings. The summed E-state index contributed by atoms with van der Waals surface area (Å²) in [5.74, 6) is 0.754. The second-order valence-electron chi connectivity index (χ2n) is 29.4. The van der Waals surface area contributed by atoms with Gasteiger partial charge in [-0.1, -0.05) is 64.5 Å². The number of rotatable bonds is 12. The summed E-state index contributed by atoms with van der Waals surface area (Å²) in [7, 11) is -1.42. The van der Waals surface area contributed by atoms with Crippen molar-refractivity contribution in [3.8, 4) is 114 Å². The molecule has 0 bridgehead atoms. The molecule has 0 unspecified atom stereocenters. The predicted molar refractivity (Wildman–Crippen MR) is 456 cm³/mol. The molecule has 0 spiro atoms. The Morgan fingerprint density at radius 1 is 0.241 bits per heavy atom. The van der Waals surface area contributed by atoms with E-state index < -0.39 is 32.3 Å². The first-order valence-electron chi connectivity index (χ1n) is 36.7. The van der Waals surface area contributed by atoms with Gasteiger partial charge in [0.2, 0.25) is 21.1 Å². The largest absolute Gasteiger partial charge is 0.494 e. The van der Waals surface area contributed by atoms with Crippen LogP contribution in [0.2, 0.25) is 21.1 Å². The Balaban J connectivity index is 0.000000137. The number of halogens is 5. The van der Waals surface area contributed by atoms with E-state index in [1.165, 1.54) is 0 Å². The molecule has 3 fully saturated rings. The highest BCUT2D eigenvalue weighted by atomic mass is 79.9. The van der Waals surface area contributed by atoms with E-state index >= 15 is 0 Å². The maximum Gasteiger partial charge on any atom is 0.494 e. The Hall–Kier alpha value is -10.6. The van der Waals surface area contributed by atoms with Crippen molar-refractivity contribution in [1.82, 2.24) is 89.7 Å². The maximum atomic E-state index is 6.53. The Morgan fingerprint density at radius 3 is 0.672 bits per heavy atom. The highest BCUT2D eigenvalue weighted by Gasteiger charge is 2.64. The van der Waals surface area contributed by atoms with E-state index in [1.54, 1.807) is 49.6 Å². The van der Waals surface area contributed by atoms with Crippen LogP contribution in [0.5, 0.6) is 0 Å². The van der Waals surface area contributed by atoms with Gasteiger partial charge in [-0.2, -0.15) is 24.9 Å². The fourth-order valence-corrected chi connectivity index (χ4v) is 12.8. The van der Waals surface area contributed by atoms with Gasteiger partial charge in [0.05, 0.1) is 125 Å². The topological polar surface area (TPSA) is 287 Å². The van der Waals surface area contributed by atoms with Crippen LogP contribution in [0.3, 0.4) is 0 Å². The lowest BCUT2D eigenvalue weighted by Crippen LogP contribution is -2.41. The van der Waals surface area contributed by atoms with Crippen LogP contribution in [0.25, 0.3) is 114 Å². The Morgan fingerprint density at radius 2 is 0.448 bits per heavy atom. The number of nitrogens with zero attached hydrogens (tertiary/aromatic N) is 18. The van der Waals surface area contributed by atoms with Crippen LogP contribution in [0.4, 0.5) is 0 Å². The molecule has 0 amide bonds. The first-order valence-corrected chi connectivity index (χ1v) is 39.0. The average Bonchev–Trinajstić information content (AvgIpc) is 1.58. The van der Waals surface area contributed by atoms with E-state index in [9.17, 15) is 0 Å². The predicted octanol–water partition coefficient (Wildman–Crippen LogP) is 18.5. The van der Waals surface area contributed by atoms with Crippen LogP contribution >= 0.6 is 62.3 Å². The van der Waals surface area contributed by atoms with E-state index in [0.717, 1.165) is 55.5 Å². The summed E-state index contributed by atoms with van der Waals surface area (Å²) in [5.41, 5.74) is 11.9. The molecule has 14 aromatic heterocycles. The Bertz CT molecular complexity index is 5190. The van der Waals surface area contributed by atoms with E-state index in [-0.39, 0.29) is 43.5 Å². The summed E-state index contributed by atoms with van der Waals surface area (Å²) in [6, 6.07) is 61.2. The SMILES string of the molecule is Brc1cc(-c2ccccn2)nc(-c2ccccn2)c1.CC1(C)OB(B2OC(C)(C)C(C)(C)O2)OC1(C)C.CC1(C)OB(c2cc(-c3ccccn3)nc(-c3ccccn3)c2)OC1(C)C.Clc1nc(-c2cc(-c3ccccn3)nc(-c3ccccn3)c2)nc(-c2cc(-c3ccccn3)nc(-c3ccccn3)c2)n1.Clc1nc(Cl)nc(Cl)n1. The highest BCUT2D eigenvalue weighted by molar-refractivity contribution is 9.10. The van der Waals surface area contributed by atoms with Crippen molar-refractivity contribution < 1.29 is 27.9 Å². The molecule has 0 N–H and O–H groups in total.